The lowest BCUT2D eigenvalue weighted by molar-refractivity contribution is 0.566. The van der Waals surface area contributed by atoms with Crippen LogP contribution < -0.4 is 0 Å². The molecule has 0 saturated carbocycles. The van der Waals surface area contributed by atoms with Crippen LogP contribution in [0.25, 0.3) is 5.65 Å². The van der Waals surface area contributed by atoms with Gasteiger partial charge in [-0.15, -0.1) is 0 Å². The van der Waals surface area contributed by atoms with Crippen molar-refractivity contribution < 1.29 is 0 Å². The molecule has 0 aliphatic carbocycles. The van der Waals surface area contributed by atoms with Gasteiger partial charge < -0.3 is 4.40 Å². The van der Waals surface area contributed by atoms with Gasteiger partial charge in [-0.2, -0.15) is 0 Å². The number of halogens is 1. The summed E-state index contributed by atoms with van der Waals surface area (Å²) < 4.78 is 3.29. The predicted molar refractivity (Wildman–Crippen MR) is 95.6 cm³/mol. The molecule has 2 aromatic heterocycles. The van der Waals surface area contributed by atoms with E-state index in [9.17, 15) is 0 Å². The molecule has 0 amide bonds. The molecular formula is C19H21BrN2. The van der Waals surface area contributed by atoms with E-state index in [0.29, 0.717) is 0 Å². The second-order valence-corrected chi connectivity index (χ2v) is 7.81. The fourth-order valence-electron chi connectivity index (χ4n) is 2.74. The minimum absolute atomic E-state index is 0.0263. The molecule has 2 heterocycles. The van der Waals surface area contributed by atoms with Gasteiger partial charge in [-0.25, -0.2) is 4.98 Å². The Morgan fingerprint density at radius 3 is 2.36 bits per heavy atom. The molecule has 0 fully saturated rings. The van der Waals surface area contributed by atoms with Crippen molar-refractivity contribution in [3.05, 3.63) is 69.6 Å². The van der Waals surface area contributed by atoms with E-state index in [1.807, 2.05) is 6.07 Å². The summed E-state index contributed by atoms with van der Waals surface area (Å²) in [6.07, 6.45) is 3.01. The van der Waals surface area contributed by atoms with Gasteiger partial charge in [0.15, 0.2) is 0 Å². The number of hydrogen-bond acceptors (Lipinski definition) is 1. The molecular weight excluding hydrogens is 336 g/mol. The number of pyridine rings is 1. The van der Waals surface area contributed by atoms with Crippen LogP contribution in [0.3, 0.4) is 0 Å². The molecule has 3 heteroatoms. The van der Waals surface area contributed by atoms with E-state index in [0.717, 1.165) is 16.5 Å². The Morgan fingerprint density at radius 1 is 1.05 bits per heavy atom. The molecule has 0 radical (unpaired) electrons. The highest BCUT2D eigenvalue weighted by Crippen LogP contribution is 2.29. The monoisotopic (exact) mass is 356 g/mol. The van der Waals surface area contributed by atoms with Crippen molar-refractivity contribution >= 4 is 21.6 Å². The van der Waals surface area contributed by atoms with Gasteiger partial charge in [-0.3, -0.25) is 0 Å². The quantitative estimate of drug-likeness (QED) is 0.609. The molecule has 0 spiro atoms. The van der Waals surface area contributed by atoms with Crippen molar-refractivity contribution in [2.45, 2.75) is 39.5 Å². The van der Waals surface area contributed by atoms with Gasteiger partial charge >= 0.3 is 0 Å². The molecule has 1 aromatic carbocycles. The highest BCUT2D eigenvalue weighted by atomic mass is 79.9. The van der Waals surface area contributed by atoms with E-state index >= 15 is 0 Å². The number of aromatic nitrogens is 2. The topological polar surface area (TPSA) is 17.3 Å². The Labute approximate surface area is 140 Å². The average molecular weight is 357 g/mol. The van der Waals surface area contributed by atoms with Gasteiger partial charge in [0.1, 0.15) is 5.65 Å². The summed E-state index contributed by atoms with van der Waals surface area (Å²) >= 11 is 3.57. The maximum absolute atomic E-state index is 4.88. The standard InChI is InChI=1S/C19H21BrN2/c1-13-5-7-14(8-6-13)11-16-18(19(2,3)4)21-17-10-9-15(20)12-22(16)17/h5-10,12H,11H2,1-4H3. The first-order valence-corrected chi connectivity index (χ1v) is 8.36. The largest absolute Gasteiger partial charge is 0.302 e. The first kappa shape index (κ1) is 15.3. The van der Waals surface area contributed by atoms with Crippen LogP contribution in [0, 0.1) is 6.92 Å². The highest BCUT2D eigenvalue weighted by Gasteiger charge is 2.23. The molecule has 114 valence electrons. The zero-order valence-electron chi connectivity index (χ0n) is 13.5. The third-order valence-electron chi connectivity index (χ3n) is 3.88. The van der Waals surface area contributed by atoms with Crippen molar-refractivity contribution in [1.29, 1.82) is 0 Å². The normalized spacial score (nSPS) is 12.0. The molecule has 0 N–H and O–H groups in total. The van der Waals surface area contributed by atoms with Crippen LogP contribution in [0.2, 0.25) is 0 Å². The van der Waals surface area contributed by atoms with Crippen molar-refractivity contribution in [3.8, 4) is 0 Å². The Morgan fingerprint density at radius 2 is 1.73 bits per heavy atom. The van der Waals surface area contributed by atoms with Crippen LogP contribution in [0.15, 0.2) is 47.1 Å². The summed E-state index contributed by atoms with van der Waals surface area (Å²) in [4.78, 5) is 4.88. The Balaban J connectivity index is 2.16. The lowest BCUT2D eigenvalue weighted by atomic mass is 9.89. The van der Waals surface area contributed by atoms with Gasteiger partial charge in [0.05, 0.1) is 11.4 Å². The summed E-state index contributed by atoms with van der Waals surface area (Å²) in [5.41, 5.74) is 6.09. The minimum atomic E-state index is 0.0263. The van der Waals surface area contributed by atoms with Crippen LogP contribution in [-0.2, 0) is 11.8 Å². The van der Waals surface area contributed by atoms with Gasteiger partial charge in [-0.1, -0.05) is 50.6 Å². The number of hydrogen-bond donors (Lipinski definition) is 0. The fraction of sp³-hybridized carbons (Fsp3) is 0.316. The van der Waals surface area contributed by atoms with Crippen LogP contribution in [-0.4, -0.2) is 9.38 Å². The molecule has 0 unspecified atom stereocenters. The lowest BCUT2D eigenvalue weighted by Crippen LogP contribution is -2.15. The number of imidazole rings is 1. The number of aryl methyl sites for hydroxylation is 1. The number of fused-ring (bicyclic) bond motifs is 1. The number of benzene rings is 1. The van der Waals surface area contributed by atoms with Crippen molar-refractivity contribution in [3.63, 3.8) is 0 Å². The summed E-state index contributed by atoms with van der Waals surface area (Å²) in [6, 6.07) is 12.9. The van der Waals surface area contributed by atoms with E-state index in [2.05, 4.69) is 84.6 Å². The van der Waals surface area contributed by atoms with E-state index in [1.165, 1.54) is 22.5 Å². The molecule has 3 aromatic rings. The zero-order valence-corrected chi connectivity index (χ0v) is 15.1. The summed E-state index contributed by atoms with van der Waals surface area (Å²) in [6.45, 7) is 8.79. The molecule has 0 atom stereocenters. The van der Waals surface area contributed by atoms with Crippen molar-refractivity contribution in [2.75, 3.05) is 0 Å². The van der Waals surface area contributed by atoms with Crippen LogP contribution >= 0.6 is 15.9 Å². The zero-order chi connectivity index (χ0) is 15.9. The Hall–Kier alpha value is -1.61. The average Bonchev–Trinajstić information content (AvgIpc) is 2.80. The van der Waals surface area contributed by atoms with E-state index < -0.39 is 0 Å². The molecule has 0 bridgehead atoms. The Bertz CT molecular complexity index is 808. The lowest BCUT2D eigenvalue weighted by Gasteiger charge is -2.18. The highest BCUT2D eigenvalue weighted by molar-refractivity contribution is 9.10. The first-order chi connectivity index (χ1) is 10.3. The minimum Gasteiger partial charge on any atom is -0.302 e. The third-order valence-corrected chi connectivity index (χ3v) is 4.35. The first-order valence-electron chi connectivity index (χ1n) is 7.57. The van der Waals surface area contributed by atoms with E-state index in [-0.39, 0.29) is 5.41 Å². The van der Waals surface area contributed by atoms with Gasteiger partial charge in [-0.05, 0) is 40.5 Å². The van der Waals surface area contributed by atoms with Gasteiger partial charge in [0, 0.05) is 22.5 Å². The maximum Gasteiger partial charge on any atom is 0.137 e. The number of nitrogens with zero attached hydrogens (tertiary/aromatic N) is 2. The van der Waals surface area contributed by atoms with E-state index in [4.69, 9.17) is 4.98 Å². The molecule has 2 nitrogen and oxygen atoms in total. The molecule has 0 aliphatic rings. The van der Waals surface area contributed by atoms with Gasteiger partial charge in [0.25, 0.3) is 0 Å². The van der Waals surface area contributed by atoms with Crippen LogP contribution in [0.5, 0.6) is 0 Å². The third kappa shape index (κ3) is 2.95. The van der Waals surface area contributed by atoms with Gasteiger partial charge in [0.2, 0.25) is 0 Å². The second-order valence-electron chi connectivity index (χ2n) is 6.89. The predicted octanol–water partition coefficient (Wildman–Crippen LogP) is 5.29. The molecule has 22 heavy (non-hydrogen) atoms. The van der Waals surface area contributed by atoms with E-state index in [1.54, 1.807) is 0 Å². The Kier molecular flexibility index (Phi) is 3.85. The summed E-state index contributed by atoms with van der Waals surface area (Å²) in [7, 11) is 0. The van der Waals surface area contributed by atoms with Crippen LogP contribution in [0.4, 0.5) is 0 Å². The SMILES string of the molecule is Cc1ccc(Cc2c(C(C)(C)C)nc3ccc(Br)cn23)cc1. The second kappa shape index (κ2) is 5.54. The molecule has 3 rings (SSSR count). The fourth-order valence-corrected chi connectivity index (χ4v) is 3.07. The van der Waals surface area contributed by atoms with Crippen LogP contribution in [0.1, 0.15) is 43.3 Å². The van der Waals surface area contributed by atoms with Crippen molar-refractivity contribution in [1.82, 2.24) is 9.38 Å². The summed E-state index contributed by atoms with van der Waals surface area (Å²) in [5, 5.41) is 0. The van der Waals surface area contributed by atoms with Crippen molar-refractivity contribution in [2.24, 2.45) is 0 Å². The maximum atomic E-state index is 4.88. The molecule has 0 saturated heterocycles. The smallest absolute Gasteiger partial charge is 0.137 e. The molecule has 0 aliphatic heterocycles. The summed E-state index contributed by atoms with van der Waals surface area (Å²) in [5.74, 6) is 0. The number of rotatable bonds is 2.